The maximum absolute atomic E-state index is 12.6. The number of benzene rings is 1. The van der Waals surface area contributed by atoms with E-state index < -0.39 is 0 Å². The number of carbonyl (C=O) groups is 1. The van der Waals surface area contributed by atoms with Gasteiger partial charge in [0.25, 0.3) is 0 Å². The van der Waals surface area contributed by atoms with Crippen molar-refractivity contribution < 1.29 is 4.79 Å². The van der Waals surface area contributed by atoms with E-state index in [9.17, 15) is 4.79 Å². The van der Waals surface area contributed by atoms with Gasteiger partial charge in [-0.2, -0.15) is 0 Å². The van der Waals surface area contributed by atoms with Gasteiger partial charge in [0.15, 0.2) is 0 Å². The zero-order valence-electron chi connectivity index (χ0n) is 13.6. The molecule has 0 aliphatic carbocycles. The molecule has 1 aromatic rings. The number of hydrogen-bond donors (Lipinski definition) is 1. The average Bonchev–Trinajstić information content (AvgIpc) is 2.83. The zero-order chi connectivity index (χ0) is 15.6. The van der Waals surface area contributed by atoms with Gasteiger partial charge in [-0.3, -0.25) is 10.1 Å². The van der Waals surface area contributed by atoms with E-state index in [1.165, 1.54) is 10.5 Å². The average molecular weight is 306 g/mol. The predicted molar refractivity (Wildman–Crippen MR) is 89.3 cm³/mol. The van der Waals surface area contributed by atoms with Crippen molar-refractivity contribution in [3.63, 3.8) is 0 Å². The van der Waals surface area contributed by atoms with Crippen LogP contribution >= 0.6 is 11.8 Å². The van der Waals surface area contributed by atoms with E-state index in [1.807, 2.05) is 4.90 Å². The molecular formula is C17H26N2OS. The number of rotatable bonds is 5. The van der Waals surface area contributed by atoms with E-state index >= 15 is 0 Å². The lowest BCUT2D eigenvalue weighted by Crippen LogP contribution is -2.41. The van der Waals surface area contributed by atoms with Gasteiger partial charge in [-0.05, 0) is 43.2 Å². The lowest BCUT2D eigenvalue weighted by Gasteiger charge is -2.33. The second kappa shape index (κ2) is 6.84. The highest BCUT2D eigenvalue weighted by molar-refractivity contribution is 7.98. The molecule has 1 fully saturated rings. The van der Waals surface area contributed by atoms with Crippen molar-refractivity contribution in [1.82, 2.24) is 10.2 Å². The van der Waals surface area contributed by atoms with Crippen LogP contribution in [0.4, 0.5) is 0 Å². The Hall–Kier alpha value is -1.00. The van der Waals surface area contributed by atoms with Crippen molar-refractivity contribution >= 4 is 17.7 Å². The molecule has 0 bridgehead atoms. The molecule has 1 heterocycles. The van der Waals surface area contributed by atoms with E-state index in [4.69, 9.17) is 0 Å². The van der Waals surface area contributed by atoms with Crippen LogP contribution in [0.1, 0.15) is 45.8 Å². The lowest BCUT2D eigenvalue weighted by atomic mass is 10.0. The summed E-state index contributed by atoms with van der Waals surface area (Å²) in [5, 5.41) is 3.50. The van der Waals surface area contributed by atoms with Crippen molar-refractivity contribution in [2.45, 2.75) is 57.3 Å². The molecule has 0 spiro atoms. The minimum atomic E-state index is -0.0589. The predicted octanol–water partition coefficient (Wildman–Crippen LogP) is 3.66. The quantitative estimate of drug-likeness (QED) is 0.843. The number of nitrogens with zero attached hydrogens (tertiary/aromatic N) is 1. The summed E-state index contributed by atoms with van der Waals surface area (Å²) in [6, 6.07) is 8.69. The fourth-order valence-electron chi connectivity index (χ4n) is 2.74. The van der Waals surface area contributed by atoms with Crippen molar-refractivity contribution in [2.75, 3.05) is 6.26 Å². The third-order valence-electron chi connectivity index (χ3n) is 4.43. The Kier molecular flexibility index (Phi) is 5.33. The van der Waals surface area contributed by atoms with Crippen LogP contribution in [0.15, 0.2) is 29.2 Å². The molecule has 1 aliphatic rings. The Balaban J connectivity index is 2.31. The summed E-state index contributed by atoms with van der Waals surface area (Å²) in [4.78, 5) is 15.9. The number of thioether (sulfide) groups is 1. The first-order valence-electron chi connectivity index (χ1n) is 7.71. The van der Waals surface area contributed by atoms with Crippen LogP contribution < -0.4 is 5.32 Å². The van der Waals surface area contributed by atoms with Gasteiger partial charge in [0.1, 0.15) is 6.17 Å². The molecule has 1 amide bonds. The minimum absolute atomic E-state index is 0.00393. The smallest absolute Gasteiger partial charge is 0.241 e. The Morgan fingerprint density at radius 2 is 1.86 bits per heavy atom. The monoisotopic (exact) mass is 306 g/mol. The van der Waals surface area contributed by atoms with Gasteiger partial charge < -0.3 is 4.90 Å². The van der Waals surface area contributed by atoms with Crippen LogP contribution in [-0.2, 0) is 4.79 Å². The van der Waals surface area contributed by atoms with E-state index in [0.717, 1.165) is 6.42 Å². The Bertz CT molecular complexity index is 486. The molecule has 1 N–H and O–H groups in total. The van der Waals surface area contributed by atoms with Crippen LogP contribution in [0, 0.1) is 5.92 Å². The van der Waals surface area contributed by atoms with Crippen LogP contribution in [0.25, 0.3) is 0 Å². The maximum atomic E-state index is 12.6. The second-order valence-corrected chi connectivity index (χ2v) is 6.91. The Morgan fingerprint density at radius 1 is 1.24 bits per heavy atom. The number of amides is 1. The molecule has 116 valence electrons. The summed E-state index contributed by atoms with van der Waals surface area (Å²) in [7, 11) is 0. The number of hydrogen-bond acceptors (Lipinski definition) is 3. The molecule has 21 heavy (non-hydrogen) atoms. The van der Waals surface area contributed by atoms with Crippen molar-refractivity contribution in [1.29, 1.82) is 0 Å². The molecular weight excluding hydrogens is 280 g/mol. The molecule has 1 saturated heterocycles. The summed E-state index contributed by atoms with van der Waals surface area (Å²) < 4.78 is 0. The molecule has 3 unspecified atom stereocenters. The number of carbonyl (C=O) groups excluding carboxylic acids is 1. The van der Waals surface area contributed by atoms with E-state index in [0.29, 0.717) is 5.92 Å². The molecule has 0 saturated carbocycles. The first-order valence-corrected chi connectivity index (χ1v) is 8.94. The maximum Gasteiger partial charge on any atom is 0.241 e. The van der Waals surface area contributed by atoms with Crippen LogP contribution in [-0.4, -0.2) is 29.1 Å². The van der Waals surface area contributed by atoms with E-state index in [-0.39, 0.29) is 24.2 Å². The number of nitrogens with one attached hydrogen (secondary N) is 1. The first kappa shape index (κ1) is 16.4. The fourth-order valence-corrected chi connectivity index (χ4v) is 3.15. The molecule has 1 aromatic carbocycles. The second-order valence-electron chi connectivity index (χ2n) is 6.03. The molecule has 0 radical (unpaired) electrons. The van der Waals surface area contributed by atoms with E-state index in [2.05, 4.69) is 63.5 Å². The standard InChI is InChI=1S/C17H26N2OS/c1-6-15-17(20)19(12(4)11(2)3)16(18-15)13-7-9-14(21-5)10-8-13/h7-12,15-16,18H,6H2,1-5H3. The van der Waals surface area contributed by atoms with Crippen molar-refractivity contribution in [3.8, 4) is 0 Å². The van der Waals surface area contributed by atoms with Crippen LogP contribution in [0.2, 0.25) is 0 Å². The largest absolute Gasteiger partial charge is 0.319 e. The minimum Gasteiger partial charge on any atom is -0.319 e. The highest BCUT2D eigenvalue weighted by Crippen LogP contribution is 2.31. The lowest BCUT2D eigenvalue weighted by molar-refractivity contribution is -0.133. The third kappa shape index (κ3) is 3.27. The highest BCUT2D eigenvalue weighted by Gasteiger charge is 2.41. The molecule has 3 atom stereocenters. The highest BCUT2D eigenvalue weighted by atomic mass is 32.2. The van der Waals surface area contributed by atoms with Gasteiger partial charge in [0, 0.05) is 10.9 Å². The topological polar surface area (TPSA) is 32.3 Å². The van der Waals surface area contributed by atoms with E-state index in [1.54, 1.807) is 11.8 Å². The van der Waals surface area contributed by atoms with Gasteiger partial charge in [0.05, 0.1) is 6.04 Å². The van der Waals surface area contributed by atoms with Gasteiger partial charge in [-0.1, -0.05) is 32.9 Å². The SMILES string of the molecule is CCC1NC(c2ccc(SC)cc2)N(C(C)C(C)C)C1=O. The molecule has 4 heteroatoms. The van der Waals surface area contributed by atoms with Crippen LogP contribution in [0.5, 0.6) is 0 Å². The third-order valence-corrected chi connectivity index (χ3v) is 5.18. The molecule has 1 aliphatic heterocycles. The molecule has 3 nitrogen and oxygen atoms in total. The van der Waals surface area contributed by atoms with Crippen molar-refractivity contribution in [2.24, 2.45) is 5.92 Å². The fraction of sp³-hybridized carbons (Fsp3) is 0.588. The Labute approximate surface area is 132 Å². The molecule has 0 aromatic heterocycles. The first-order chi connectivity index (χ1) is 9.99. The summed E-state index contributed by atoms with van der Waals surface area (Å²) >= 11 is 1.74. The Morgan fingerprint density at radius 3 is 2.33 bits per heavy atom. The van der Waals surface area contributed by atoms with Gasteiger partial charge in [-0.15, -0.1) is 11.8 Å². The normalized spacial score (nSPS) is 23.9. The van der Waals surface area contributed by atoms with Gasteiger partial charge in [-0.25, -0.2) is 0 Å². The van der Waals surface area contributed by atoms with Gasteiger partial charge in [0.2, 0.25) is 5.91 Å². The van der Waals surface area contributed by atoms with Crippen molar-refractivity contribution in [3.05, 3.63) is 29.8 Å². The van der Waals surface area contributed by atoms with Crippen LogP contribution in [0.3, 0.4) is 0 Å². The van der Waals surface area contributed by atoms with Gasteiger partial charge >= 0.3 is 0 Å². The molecule has 2 rings (SSSR count). The summed E-state index contributed by atoms with van der Waals surface area (Å²) in [5.74, 6) is 0.678. The zero-order valence-corrected chi connectivity index (χ0v) is 14.4. The summed E-state index contributed by atoms with van der Waals surface area (Å²) in [6.07, 6.45) is 2.90. The summed E-state index contributed by atoms with van der Waals surface area (Å²) in [6.45, 7) is 8.55. The summed E-state index contributed by atoms with van der Waals surface area (Å²) in [5.41, 5.74) is 1.17.